The lowest BCUT2D eigenvalue weighted by molar-refractivity contribution is -0.0372. The van der Waals surface area contributed by atoms with Gasteiger partial charge in [-0.1, -0.05) is 0 Å². The molecule has 0 rings (SSSR count). The molecule has 0 aromatic rings. The van der Waals surface area contributed by atoms with Crippen molar-refractivity contribution < 1.29 is 15.1 Å². The van der Waals surface area contributed by atoms with Gasteiger partial charge in [-0.15, -0.1) is 5.59 Å². The Kier molecular flexibility index (Phi) is 4.82. The van der Waals surface area contributed by atoms with E-state index in [0.717, 1.165) is 0 Å². The molecule has 1 atom stereocenters. The quantitative estimate of drug-likeness (QED) is 0.249. The van der Waals surface area contributed by atoms with Crippen LogP contribution in [0.25, 0.3) is 0 Å². The van der Waals surface area contributed by atoms with Crippen LogP contribution in [0.3, 0.4) is 0 Å². The van der Waals surface area contributed by atoms with E-state index in [4.69, 9.17) is 10.2 Å². The van der Waals surface area contributed by atoms with Crippen molar-refractivity contribution in [2.75, 3.05) is 13.2 Å². The minimum Gasteiger partial charge on any atom is -0.394 e. The third-order valence-corrected chi connectivity index (χ3v) is 0.570. The van der Waals surface area contributed by atoms with Gasteiger partial charge in [-0.3, -0.25) is 4.84 Å². The van der Waals surface area contributed by atoms with Gasteiger partial charge in [-0.05, 0) is 0 Å². The Morgan fingerprint density at radius 2 is 2.38 bits per heavy atom. The molecule has 0 radical (unpaired) electrons. The van der Waals surface area contributed by atoms with Crippen LogP contribution in [0.5, 0.6) is 0 Å². The lowest BCUT2D eigenvalue weighted by Crippen LogP contribution is -2.29. The molecule has 8 heavy (non-hydrogen) atoms. The Balaban J connectivity index is 2.86. The Bertz CT molecular complexity index is 51.8. The van der Waals surface area contributed by atoms with Crippen molar-refractivity contribution >= 4 is 0 Å². The fraction of sp³-hybridized carbons (Fsp3) is 1.00. The molecule has 50 valence electrons. The van der Waals surface area contributed by atoms with Gasteiger partial charge >= 0.3 is 0 Å². The smallest absolute Gasteiger partial charge is 0.102 e. The van der Waals surface area contributed by atoms with Crippen molar-refractivity contribution in [2.24, 2.45) is 5.84 Å². The van der Waals surface area contributed by atoms with Crippen LogP contribution in [-0.4, -0.2) is 29.5 Å². The first-order valence-electron chi connectivity index (χ1n) is 2.17. The van der Waals surface area contributed by atoms with Crippen LogP contribution < -0.4 is 11.4 Å². The Morgan fingerprint density at radius 3 is 2.75 bits per heavy atom. The molecule has 0 aliphatic carbocycles. The minimum absolute atomic E-state index is 0.00694. The van der Waals surface area contributed by atoms with E-state index in [1.54, 1.807) is 0 Å². The predicted octanol–water partition coefficient (Wildman–Crippen LogP) is -2.27. The maximum atomic E-state index is 8.52. The summed E-state index contributed by atoms with van der Waals surface area (Å²) < 4.78 is 0. The van der Waals surface area contributed by atoms with Gasteiger partial charge in [0.05, 0.1) is 13.2 Å². The van der Waals surface area contributed by atoms with Crippen molar-refractivity contribution in [3.63, 3.8) is 0 Å². The third kappa shape index (κ3) is 3.97. The molecule has 0 fully saturated rings. The van der Waals surface area contributed by atoms with Crippen LogP contribution in [0.2, 0.25) is 0 Å². The second kappa shape index (κ2) is 4.95. The number of hydrogen-bond donors (Lipinski definition) is 4. The second-order valence-corrected chi connectivity index (χ2v) is 1.27. The summed E-state index contributed by atoms with van der Waals surface area (Å²) in [4.78, 5) is 4.30. The van der Waals surface area contributed by atoms with Gasteiger partial charge in [-0.25, -0.2) is 5.84 Å². The van der Waals surface area contributed by atoms with Crippen LogP contribution in [-0.2, 0) is 4.84 Å². The lowest BCUT2D eigenvalue weighted by atomic mass is 10.4. The van der Waals surface area contributed by atoms with E-state index in [1.807, 2.05) is 5.59 Å². The average molecular weight is 122 g/mol. The molecule has 5 N–H and O–H groups in total. The highest BCUT2D eigenvalue weighted by atomic mass is 16.7. The average Bonchev–Trinajstić information content (AvgIpc) is 1.83. The zero-order valence-electron chi connectivity index (χ0n) is 4.37. The van der Waals surface area contributed by atoms with Gasteiger partial charge in [0.1, 0.15) is 6.10 Å². The Labute approximate surface area is 47.0 Å². The number of hydrazine groups is 1. The molecule has 0 heterocycles. The van der Waals surface area contributed by atoms with E-state index in [-0.39, 0.29) is 13.2 Å². The summed E-state index contributed by atoms with van der Waals surface area (Å²) in [5, 5.41) is 16.7. The zero-order chi connectivity index (χ0) is 6.41. The van der Waals surface area contributed by atoms with Crippen molar-refractivity contribution in [1.29, 1.82) is 0 Å². The molecule has 0 spiro atoms. The Morgan fingerprint density at radius 1 is 1.75 bits per heavy atom. The van der Waals surface area contributed by atoms with E-state index in [0.29, 0.717) is 0 Å². The maximum Gasteiger partial charge on any atom is 0.102 e. The third-order valence-electron chi connectivity index (χ3n) is 0.570. The topological polar surface area (TPSA) is 87.7 Å². The zero-order valence-corrected chi connectivity index (χ0v) is 4.37. The summed E-state index contributed by atoms with van der Waals surface area (Å²) in [5.41, 5.74) is 1.86. The first-order valence-corrected chi connectivity index (χ1v) is 2.17. The van der Waals surface area contributed by atoms with Crippen molar-refractivity contribution in [1.82, 2.24) is 5.59 Å². The van der Waals surface area contributed by atoms with Gasteiger partial charge < -0.3 is 10.2 Å². The van der Waals surface area contributed by atoms with Crippen LogP contribution in [0, 0.1) is 0 Å². The van der Waals surface area contributed by atoms with E-state index in [9.17, 15) is 0 Å². The SMILES string of the molecule is NNOCC(O)CO. The van der Waals surface area contributed by atoms with Crippen LogP contribution >= 0.6 is 0 Å². The first-order chi connectivity index (χ1) is 3.81. The van der Waals surface area contributed by atoms with E-state index >= 15 is 0 Å². The molecule has 0 aliphatic heterocycles. The summed E-state index contributed by atoms with van der Waals surface area (Å²) >= 11 is 0. The van der Waals surface area contributed by atoms with Gasteiger partial charge in [0.25, 0.3) is 0 Å². The monoisotopic (exact) mass is 122 g/mol. The highest BCUT2D eigenvalue weighted by molar-refractivity contribution is 4.45. The molecule has 0 aromatic carbocycles. The van der Waals surface area contributed by atoms with E-state index < -0.39 is 6.10 Å². The number of rotatable bonds is 4. The largest absolute Gasteiger partial charge is 0.394 e. The fourth-order valence-electron chi connectivity index (χ4n) is 0.197. The molecule has 0 saturated heterocycles. The molecule has 1 unspecified atom stereocenters. The summed E-state index contributed by atoms with van der Waals surface area (Å²) in [5.74, 6) is 4.67. The summed E-state index contributed by atoms with van der Waals surface area (Å²) in [7, 11) is 0. The van der Waals surface area contributed by atoms with Gasteiger partial charge in [0.15, 0.2) is 0 Å². The fourth-order valence-corrected chi connectivity index (χ4v) is 0.197. The Hall–Kier alpha value is -0.200. The highest BCUT2D eigenvalue weighted by Gasteiger charge is 1.98. The molecule has 5 heteroatoms. The van der Waals surface area contributed by atoms with Crippen molar-refractivity contribution in [3.8, 4) is 0 Å². The predicted molar refractivity (Wildman–Crippen MR) is 26.4 cm³/mol. The number of aliphatic hydroxyl groups is 2. The van der Waals surface area contributed by atoms with Gasteiger partial charge in [-0.2, -0.15) is 0 Å². The first kappa shape index (κ1) is 7.80. The van der Waals surface area contributed by atoms with E-state index in [2.05, 4.69) is 10.7 Å². The molecule has 0 aliphatic rings. The normalized spacial score (nSPS) is 13.9. The highest BCUT2D eigenvalue weighted by Crippen LogP contribution is 1.77. The van der Waals surface area contributed by atoms with Gasteiger partial charge in [0, 0.05) is 0 Å². The molecular formula is C3H10N2O3. The van der Waals surface area contributed by atoms with E-state index in [1.165, 1.54) is 0 Å². The maximum absolute atomic E-state index is 8.52. The van der Waals surface area contributed by atoms with Crippen molar-refractivity contribution in [3.05, 3.63) is 0 Å². The number of aliphatic hydroxyl groups excluding tert-OH is 2. The number of nitrogens with one attached hydrogen (secondary N) is 1. The molecular weight excluding hydrogens is 112 g/mol. The van der Waals surface area contributed by atoms with Crippen LogP contribution in [0.4, 0.5) is 0 Å². The number of nitrogens with two attached hydrogens (primary N) is 1. The molecule has 0 saturated carbocycles. The second-order valence-electron chi connectivity index (χ2n) is 1.27. The summed E-state index contributed by atoms with van der Waals surface area (Å²) in [6.07, 6.45) is -0.856. The molecule has 0 bridgehead atoms. The van der Waals surface area contributed by atoms with Crippen molar-refractivity contribution in [2.45, 2.75) is 6.10 Å². The number of hydrogen-bond acceptors (Lipinski definition) is 5. The minimum atomic E-state index is -0.856. The summed E-state index contributed by atoms with van der Waals surface area (Å²) in [6.45, 7) is -0.325. The van der Waals surface area contributed by atoms with Gasteiger partial charge in [0.2, 0.25) is 0 Å². The van der Waals surface area contributed by atoms with Crippen LogP contribution in [0.15, 0.2) is 0 Å². The molecule has 0 amide bonds. The standard InChI is InChI=1S/C3H10N2O3/c4-5-8-2-3(7)1-6/h3,5-7H,1-2,4H2. The molecule has 5 nitrogen and oxygen atoms in total. The lowest BCUT2D eigenvalue weighted by Gasteiger charge is -2.04. The van der Waals surface area contributed by atoms with Crippen LogP contribution in [0.1, 0.15) is 0 Å². The summed E-state index contributed by atoms with van der Waals surface area (Å²) in [6, 6.07) is 0. The molecule has 0 aromatic heterocycles.